The number of carbonyl (C=O) groups excluding carboxylic acids is 1. The van der Waals surface area contributed by atoms with E-state index in [1.54, 1.807) is 24.3 Å². The van der Waals surface area contributed by atoms with Crippen LogP contribution in [0, 0.1) is 11.3 Å². The third kappa shape index (κ3) is 5.04. The molecule has 0 aliphatic heterocycles. The molecule has 0 aliphatic rings. The van der Waals surface area contributed by atoms with E-state index in [0.29, 0.717) is 22.1 Å². The number of ether oxygens (including phenoxy) is 1. The molecule has 0 bridgehead atoms. The van der Waals surface area contributed by atoms with Gasteiger partial charge in [-0.05, 0) is 43.2 Å². The SMILES string of the molecule is CCc1ccc(O[C@@H](C)c2nnc(SCC(=O)c3ccc(C#N)cc3)n2C)cc1. The summed E-state index contributed by atoms with van der Waals surface area (Å²) in [7, 11) is 1.86. The lowest BCUT2D eigenvalue weighted by molar-refractivity contribution is 0.102. The van der Waals surface area contributed by atoms with Crippen molar-refractivity contribution in [1.82, 2.24) is 14.8 Å². The molecule has 7 heteroatoms. The maximum absolute atomic E-state index is 12.4. The van der Waals surface area contributed by atoms with Crippen molar-refractivity contribution in [2.45, 2.75) is 31.5 Å². The Morgan fingerprint density at radius 2 is 1.86 bits per heavy atom. The Balaban J connectivity index is 1.61. The number of thioether (sulfide) groups is 1. The zero-order valence-corrected chi connectivity index (χ0v) is 17.4. The minimum atomic E-state index is -0.274. The van der Waals surface area contributed by atoms with E-state index in [1.165, 1.54) is 17.3 Å². The maximum Gasteiger partial charge on any atom is 0.191 e. The van der Waals surface area contributed by atoms with Gasteiger partial charge in [-0.25, -0.2) is 0 Å². The lowest BCUT2D eigenvalue weighted by atomic mass is 10.1. The number of rotatable bonds is 8. The first-order chi connectivity index (χ1) is 14.0. The second-order valence-electron chi connectivity index (χ2n) is 6.56. The van der Waals surface area contributed by atoms with Crippen LogP contribution in [0.4, 0.5) is 0 Å². The molecule has 0 amide bonds. The van der Waals surface area contributed by atoms with E-state index >= 15 is 0 Å². The van der Waals surface area contributed by atoms with Crippen LogP contribution in [0.2, 0.25) is 0 Å². The first-order valence-corrected chi connectivity index (χ1v) is 10.3. The van der Waals surface area contributed by atoms with Crippen molar-refractivity contribution in [2.24, 2.45) is 7.05 Å². The summed E-state index contributed by atoms with van der Waals surface area (Å²) in [4.78, 5) is 12.4. The Hall–Kier alpha value is -3.11. The van der Waals surface area contributed by atoms with E-state index in [4.69, 9.17) is 10.00 Å². The summed E-state index contributed by atoms with van der Waals surface area (Å²) in [5, 5.41) is 17.9. The van der Waals surface area contributed by atoms with Crippen molar-refractivity contribution in [3.63, 3.8) is 0 Å². The van der Waals surface area contributed by atoms with Gasteiger partial charge in [0.05, 0.1) is 17.4 Å². The highest BCUT2D eigenvalue weighted by atomic mass is 32.2. The van der Waals surface area contributed by atoms with E-state index < -0.39 is 0 Å². The molecule has 3 rings (SSSR count). The Morgan fingerprint density at radius 3 is 2.48 bits per heavy atom. The third-order valence-corrected chi connectivity index (χ3v) is 5.57. The molecule has 0 N–H and O–H groups in total. The average Bonchev–Trinajstić information content (AvgIpc) is 3.13. The summed E-state index contributed by atoms with van der Waals surface area (Å²) in [6.45, 7) is 4.04. The lowest BCUT2D eigenvalue weighted by Gasteiger charge is -2.14. The van der Waals surface area contributed by atoms with Crippen LogP contribution < -0.4 is 4.74 Å². The number of hydrogen-bond acceptors (Lipinski definition) is 6. The molecule has 2 aromatic carbocycles. The van der Waals surface area contributed by atoms with Crippen LogP contribution in [0.25, 0.3) is 0 Å². The molecule has 148 valence electrons. The molecule has 1 atom stereocenters. The van der Waals surface area contributed by atoms with Crippen LogP contribution in [-0.2, 0) is 13.5 Å². The minimum Gasteiger partial charge on any atom is -0.483 e. The molecule has 3 aromatic rings. The van der Waals surface area contributed by atoms with Gasteiger partial charge in [0.2, 0.25) is 0 Å². The zero-order valence-electron chi connectivity index (χ0n) is 16.6. The first-order valence-electron chi connectivity index (χ1n) is 9.32. The van der Waals surface area contributed by atoms with Gasteiger partial charge in [-0.3, -0.25) is 4.79 Å². The van der Waals surface area contributed by atoms with Crippen molar-refractivity contribution in [3.05, 3.63) is 71.0 Å². The van der Waals surface area contributed by atoms with Crippen molar-refractivity contribution in [2.75, 3.05) is 5.75 Å². The molecular weight excluding hydrogens is 384 g/mol. The summed E-state index contributed by atoms with van der Waals surface area (Å²) in [5.74, 6) is 1.69. The van der Waals surface area contributed by atoms with Gasteiger partial charge in [-0.1, -0.05) is 43.0 Å². The van der Waals surface area contributed by atoms with Gasteiger partial charge in [-0.15, -0.1) is 10.2 Å². The molecular formula is C22H22N4O2S. The number of hydrogen-bond donors (Lipinski definition) is 0. The quantitative estimate of drug-likeness (QED) is 0.408. The minimum absolute atomic E-state index is 0.0237. The monoisotopic (exact) mass is 406 g/mol. The van der Waals surface area contributed by atoms with E-state index in [2.05, 4.69) is 29.3 Å². The summed E-state index contributed by atoms with van der Waals surface area (Å²) in [5.41, 5.74) is 2.37. The van der Waals surface area contributed by atoms with Gasteiger partial charge in [0.1, 0.15) is 5.75 Å². The van der Waals surface area contributed by atoms with E-state index in [-0.39, 0.29) is 17.6 Å². The number of Topliss-reactive ketones (excluding diaryl/α,β-unsaturated/α-hetero) is 1. The van der Waals surface area contributed by atoms with E-state index in [1.807, 2.05) is 36.7 Å². The van der Waals surface area contributed by atoms with Crippen LogP contribution >= 0.6 is 11.8 Å². The molecule has 0 unspecified atom stereocenters. The van der Waals surface area contributed by atoms with Crippen LogP contribution in [0.5, 0.6) is 5.75 Å². The molecule has 0 spiro atoms. The highest BCUT2D eigenvalue weighted by molar-refractivity contribution is 7.99. The predicted octanol–water partition coefficient (Wildman–Crippen LogP) is 4.36. The molecule has 0 saturated carbocycles. The summed E-state index contributed by atoms with van der Waals surface area (Å²) in [6, 6.07) is 16.7. The van der Waals surface area contributed by atoms with E-state index in [0.717, 1.165) is 12.2 Å². The van der Waals surface area contributed by atoms with Crippen molar-refractivity contribution in [3.8, 4) is 11.8 Å². The molecule has 6 nitrogen and oxygen atoms in total. The predicted molar refractivity (Wildman–Crippen MR) is 112 cm³/mol. The lowest BCUT2D eigenvalue weighted by Crippen LogP contribution is -2.10. The normalized spacial score (nSPS) is 11.7. The van der Waals surface area contributed by atoms with Gasteiger partial charge >= 0.3 is 0 Å². The number of aryl methyl sites for hydroxylation is 1. The second kappa shape index (κ2) is 9.39. The molecule has 0 radical (unpaired) electrons. The number of nitriles is 1. The largest absolute Gasteiger partial charge is 0.483 e. The summed E-state index contributed by atoms with van der Waals surface area (Å²) in [6.07, 6.45) is 0.713. The molecule has 0 aliphatic carbocycles. The van der Waals surface area contributed by atoms with Crippen molar-refractivity contribution >= 4 is 17.5 Å². The Bertz CT molecular complexity index is 1020. The van der Waals surface area contributed by atoms with Gasteiger partial charge in [-0.2, -0.15) is 5.26 Å². The third-order valence-electron chi connectivity index (χ3n) is 4.54. The van der Waals surface area contributed by atoms with Crippen molar-refractivity contribution < 1.29 is 9.53 Å². The van der Waals surface area contributed by atoms with Gasteiger partial charge in [0, 0.05) is 12.6 Å². The number of aromatic nitrogens is 3. The highest BCUT2D eigenvalue weighted by Gasteiger charge is 2.18. The zero-order chi connectivity index (χ0) is 20.8. The Morgan fingerprint density at radius 1 is 1.17 bits per heavy atom. The van der Waals surface area contributed by atoms with Crippen LogP contribution in [0.3, 0.4) is 0 Å². The van der Waals surface area contributed by atoms with Crippen LogP contribution in [-0.4, -0.2) is 26.3 Å². The molecule has 1 heterocycles. The fourth-order valence-electron chi connectivity index (χ4n) is 2.81. The van der Waals surface area contributed by atoms with E-state index in [9.17, 15) is 4.79 Å². The maximum atomic E-state index is 12.4. The van der Waals surface area contributed by atoms with Gasteiger partial charge < -0.3 is 9.30 Å². The molecule has 0 saturated heterocycles. The number of ketones is 1. The number of benzene rings is 2. The smallest absolute Gasteiger partial charge is 0.191 e. The fraction of sp³-hybridized carbons (Fsp3) is 0.273. The highest BCUT2D eigenvalue weighted by Crippen LogP contribution is 2.24. The topological polar surface area (TPSA) is 80.8 Å². The second-order valence-corrected chi connectivity index (χ2v) is 7.50. The van der Waals surface area contributed by atoms with Gasteiger partial charge in [0.15, 0.2) is 22.9 Å². The Kier molecular flexibility index (Phi) is 6.68. The number of nitrogens with zero attached hydrogens (tertiary/aromatic N) is 4. The fourth-order valence-corrected chi connectivity index (χ4v) is 3.62. The van der Waals surface area contributed by atoms with Crippen LogP contribution in [0.1, 0.15) is 47.3 Å². The molecule has 0 fully saturated rings. The number of carbonyl (C=O) groups is 1. The average molecular weight is 407 g/mol. The first kappa shape index (κ1) is 20.6. The molecule has 1 aromatic heterocycles. The standard InChI is InChI=1S/C22H22N4O2S/c1-4-16-7-11-19(12-8-16)28-15(2)21-24-25-22(26(21)3)29-14-20(27)18-9-5-17(13-23)6-10-18/h5-12,15H,4,14H2,1-3H3/t15-/m0/s1. The summed E-state index contributed by atoms with van der Waals surface area (Å²) >= 11 is 1.33. The summed E-state index contributed by atoms with van der Waals surface area (Å²) < 4.78 is 7.83. The van der Waals surface area contributed by atoms with Gasteiger partial charge in [0.25, 0.3) is 0 Å². The van der Waals surface area contributed by atoms with Crippen molar-refractivity contribution in [1.29, 1.82) is 5.26 Å². The molecule has 29 heavy (non-hydrogen) atoms. The van der Waals surface area contributed by atoms with Crippen LogP contribution in [0.15, 0.2) is 53.7 Å². The Labute approximate surface area is 174 Å².